The van der Waals surface area contributed by atoms with Crippen LogP contribution in [0, 0.1) is 0 Å². The summed E-state index contributed by atoms with van der Waals surface area (Å²) in [5.41, 5.74) is 3.83. The van der Waals surface area contributed by atoms with E-state index in [1.54, 1.807) is 0 Å². The Morgan fingerprint density at radius 3 is 2.76 bits per heavy atom. The predicted octanol–water partition coefficient (Wildman–Crippen LogP) is 3.43. The number of aliphatic carboxylic acids is 1. The molecule has 114 valence electrons. The van der Waals surface area contributed by atoms with Gasteiger partial charge in [0.15, 0.2) is 5.78 Å². The van der Waals surface area contributed by atoms with Crippen LogP contribution in [0.1, 0.15) is 60.5 Å². The summed E-state index contributed by atoms with van der Waals surface area (Å²) >= 11 is 0. The van der Waals surface area contributed by atoms with E-state index < -0.39 is 5.97 Å². The normalized spacial score (nSPS) is 13.3. The molecule has 1 aliphatic carbocycles. The highest BCUT2D eigenvalue weighted by Crippen LogP contribution is 2.29. The molecule has 0 spiro atoms. The van der Waals surface area contributed by atoms with Gasteiger partial charge in [0.25, 0.3) is 0 Å². The second kappa shape index (κ2) is 7.25. The molecule has 4 nitrogen and oxygen atoms in total. The SMILES string of the molecule is CCCCCCc1cc2c(cc1NCC(=O)O)C(=O)CC2. The number of unbranched alkanes of at least 4 members (excludes halogenated alkanes) is 3. The minimum atomic E-state index is -0.890. The Labute approximate surface area is 125 Å². The number of fused-ring (bicyclic) bond motifs is 1. The Kier molecular flexibility index (Phi) is 5.37. The quantitative estimate of drug-likeness (QED) is 0.719. The molecule has 0 radical (unpaired) electrons. The summed E-state index contributed by atoms with van der Waals surface area (Å²) in [5.74, 6) is -0.723. The molecule has 0 fully saturated rings. The Hall–Kier alpha value is -1.84. The molecule has 0 aromatic heterocycles. The van der Waals surface area contributed by atoms with Crippen molar-refractivity contribution in [2.45, 2.75) is 51.9 Å². The number of hydrogen-bond donors (Lipinski definition) is 2. The lowest BCUT2D eigenvalue weighted by Gasteiger charge is -2.13. The molecule has 2 N–H and O–H groups in total. The molecular formula is C17H23NO3. The first kappa shape index (κ1) is 15.5. The van der Waals surface area contributed by atoms with E-state index in [-0.39, 0.29) is 12.3 Å². The third-order valence-corrected chi connectivity index (χ3v) is 3.98. The number of carboxylic acids is 1. The number of anilines is 1. The van der Waals surface area contributed by atoms with Crippen molar-refractivity contribution in [1.82, 2.24) is 0 Å². The highest BCUT2D eigenvalue weighted by atomic mass is 16.4. The van der Waals surface area contributed by atoms with E-state index in [9.17, 15) is 9.59 Å². The van der Waals surface area contributed by atoms with Crippen LogP contribution in [0.2, 0.25) is 0 Å². The zero-order valence-electron chi connectivity index (χ0n) is 12.6. The number of hydrogen-bond acceptors (Lipinski definition) is 3. The lowest BCUT2D eigenvalue weighted by molar-refractivity contribution is -0.134. The van der Waals surface area contributed by atoms with E-state index in [0.29, 0.717) is 6.42 Å². The summed E-state index contributed by atoms with van der Waals surface area (Å²) < 4.78 is 0. The summed E-state index contributed by atoms with van der Waals surface area (Å²) in [6.45, 7) is 2.07. The molecular weight excluding hydrogens is 266 g/mol. The third kappa shape index (κ3) is 4.06. The standard InChI is InChI=1S/C17H23NO3/c1-2-3-4-5-6-13-9-12-7-8-16(19)14(12)10-15(13)18-11-17(20)21/h9-10,18H,2-8,11H2,1H3,(H,20,21). The molecule has 0 unspecified atom stereocenters. The molecule has 1 aromatic rings. The van der Waals surface area contributed by atoms with Crippen LogP contribution < -0.4 is 5.32 Å². The van der Waals surface area contributed by atoms with Crippen molar-refractivity contribution < 1.29 is 14.7 Å². The van der Waals surface area contributed by atoms with Gasteiger partial charge in [0.05, 0.1) is 0 Å². The van der Waals surface area contributed by atoms with E-state index in [1.165, 1.54) is 19.3 Å². The van der Waals surface area contributed by atoms with E-state index in [2.05, 4.69) is 18.3 Å². The van der Waals surface area contributed by atoms with Crippen molar-refractivity contribution in [3.63, 3.8) is 0 Å². The van der Waals surface area contributed by atoms with Crippen molar-refractivity contribution in [1.29, 1.82) is 0 Å². The maximum atomic E-state index is 11.8. The van der Waals surface area contributed by atoms with E-state index in [0.717, 1.165) is 41.6 Å². The van der Waals surface area contributed by atoms with Crippen LogP contribution in [-0.4, -0.2) is 23.4 Å². The van der Waals surface area contributed by atoms with Gasteiger partial charge in [-0.1, -0.05) is 32.3 Å². The fourth-order valence-electron chi connectivity index (χ4n) is 2.83. The number of carbonyl (C=O) groups is 2. The van der Waals surface area contributed by atoms with Crippen molar-refractivity contribution in [3.05, 3.63) is 28.8 Å². The van der Waals surface area contributed by atoms with Crippen LogP contribution in [0.3, 0.4) is 0 Å². The second-order valence-corrected chi connectivity index (χ2v) is 5.65. The predicted molar refractivity (Wildman–Crippen MR) is 83.1 cm³/mol. The monoisotopic (exact) mass is 289 g/mol. The molecule has 0 saturated carbocycles. The molecule has 0 amide bonds. The van der Waals surface area contributed by atoms with E-state index >= 15 is 0 Å². The average molecular weight is 289 g/mol. The zero-order valence-corrected chi connectivity index (χ0v) is 12.6. The topological polar surface area (TPSA) is 66.4 Å². The van der Waals surface area contributed by atoms with Crippen molar-refractivity contribution in [3.8, 4) is 0 Å². The Bertz CT molecular complexity index is 537. The van der Waals surface area contributed by atoms with Crippen LogP contribution in [0.4, 0.5) is 5.69 Å². The van der Waals surface area contributed by atoms with Gasteiger partial charge in [-0.3, -0.25) is 9.59 Å². The maximum absolute atomic E-state index is 11.8. The Balaban J connectivity index is 2.15. The number of benzene rings is 1. The fourth-order valence-corrected chi connectivity index (χ4v) is 2.83. The van der Waals surface area contributed by atoms with Gasteiger partial charge in [0.2, 0.25) is 0 Å². The number of ketones is 1. The number of rotatable bonds is 8. The van der Waals surface area contributed by atoms with Crippen molar-refractivity contribution in [2.24, 2.45) is 0 Å². The first-order valence-electron chi connectivity index (χ1n) is 7.76. The summed E-state index contributed by atoms with van der Waals surface area (Å²) in [4.78, 5) is 22.6. The molecule has 1 aliphatic rings. The number of aryl methyl sites for hydroxylation is 2. The van der Waals surface area contributed by atoms with Gasteiger partial charge in [0.1, 0.15) is 6.54 Å². The number of Topliss-reactive ketones (excluding diaryl/α,β-unsaturated/α-hetero) is 1. The Morgan fingerprint density at radius 2 is 2.05 bits per heavy atom. The van der Waals surface area contributed by atoms with Crippen molar-refractivity contribution >= 4 is 17.4 Å². The summed E-state index contributed by atoms with van der Waals surface area (Å²) in [7, 11) is 0. The van der Waals surface area contributed by atoms with Crippen LogP contribution in [0.5, 0.6) is 0 Å². The van der Waals surface area contributed by atoms with Gasteiger partial charge in [0, 0.05) is 17.7 Å². The first-order valence-corrected chi connectivity index (χ1v) is 7.76. The molecule has 21 heavy (non-hydrogen) atoms. The van der Waals surface area contributed by atoms with Crippen LogP contribution >= 0.6 is 0 Å². The molecule has 2 rings (SSSR count). The number of nitrogens with one attached hydrogen (secondary N) is 1. The molecule has 0 bridgehead atoms. The zero-order chi connectivity index (χ0) is 15.2. The lowest BCUT2D eigenvalue weighted by Crippen LogP contribution is -2.14. The third-order valence-electron chi connectivity index (χ3n) is 3.98. The largest absolute Gasteiger partial charge is 0.480 e. The summed E-state index contributed by atoms with van der Waals surface area (Å²) in [6.07, 6.45) is 7.03. The smallest absolute Gasteiger partial charge is 0.322 e. The van der Waals surface area contributed by atoms with Gasteiger partial charge >= 0.3 is 5.97 Å². The second-order valence-electron chi connectivity index (χ2n) is 5.65. The van der Waals surface area contributed by atoms with Gasteiger partial charge < -0.3 is 10.4 Å². The average Bonchev–Trinajstić information content (AvgIpc) is 2.81. The molecule has 0 saturated heterocycles. The van der Waals surface area contributed by atoms with Crippen molar-refractivity contribution in [2.75, 3.05) is 11.9 Å². The minimum Gasteiger partial charge on any atom is -0.480 e. The first-order chi connectivity index (χ1) is 10.1. The maximum Gasteiger partial charge on any atom is 0.322 e. The van der Waals surface area contributed by atoms with Crippen LogP contribution in [0.15, 0.2) is 12.1 Å². The fraction of sp³-hybridized carbons (Fsp3) is 0.529. The molecule has 4 heteroatoms. The number of carbonyl (C=O) groups excluding carboxylic acids is 1. The lowest BCUT2D eigenvalue weighted by atomic mass is 9.99. The van der Waals surface area contributed by atoms with E-state index in [1.807, 2.05) is 6.07 Å². The van der Waals surface area contributed by atoms with Crippen LogP contribution in [-0.2, 0) is 17.6 Å². The summed E-state index contributed by atoms with van der Waals surface area (Å²) in [6, 6.07) is 3.94. The Morgan fingerprint density at radius 1 is 1.24 bits per heavy atom. The molecule has 0 heterocycles. The highest BCUT2D eigenvalue weighted by Gasteiger charge is 2.21. The van der Waals surface area contributed by atoms with Crippen LogP contribution in [0.25, 0.3) is 0 Å². The molecule has 0 atom stereocenters. The summed E-state index contributed by atoms with van der Waals surface area (Å²) in [5, 5.41) is 11.8. The molecule has 0 aliphatic heterocycles. The van der Waals surface area contributed by atoms with Gasteiger partial charge in [-0.15, -0.1) is 0 Å². The van der Waals surface area contributed by atoms with Gasteiger partial charge in [-0.05, 0) is 36.5 Å². The molecule has 1 aromatic carbocycles. The van der Waals surface area contributed by atoms with E-state index in [4.69, 9.17) is 5.11 Å². The minimum absolute atomic E-state index is 0.116. The highest BCUT2D eigenvalue weighted by molar-refractivity contribution is 6.01. The number of carboxylic acid groups (broad SMARTS) is 1. The van der Waals surface area contributed by atoms with Gasteiger partial charge in [-0.25, -0.2) is 0 Å². The van der Waals surface area contributed by atoms with Gasteiger partial charge in [-0.2, -0.15) is 0 Å².